The fourth-order valence-electron chi connectivity index (χ4n) is 2.82. The van der Waals surface area contributed by atoms with Crippen molar-refractivity contribution in [2.75, 3.05) is 0 Å². The number of fused-ring (bicyclic) bond motifs is 3. The lowest BCUT2D eigenvalue weighted by atomic mass is 9.85. The Bertz CT molecular complexity index is 556. The van der Waals surface area contributed by atoms with Crippen molar-refractivity contribution in [1.82, 2.24) is 0 Å². The largest absolute Gasteiger partial charge is 0.324 e. The molecule has 2 aliphatic rings. The van der Waals surface area contributed by atoms with Crippen molar-refractivity contribution in [3.8, 4) is 0 Å². The summed E-state index contributed by atoms with van der Waals surface area (Å²) in [5.74, 6) is 0.538. The first-order chi connectivity index (χ1) is 9.29. The third-order valence-corrected chi connectivity index (χ3v) is 5.17. The van der Waals surface area contributed by atoms with Crippen LogP contribution >= 0.6 is 11.8 Å². The van der Waals surface area contributed by atoms with Crippen LogP contribution in [0, 0.1) is 0 Å². The van der Waals surface area contributed by atoms with Crippen LogP contribution < -0.4 is 5.73 Å². The Labute approximate surface area is 119 Å². The number of hydrogen-bond donors (Lipinski definition) is 1. The third-order valence-electron chi connectivity index (χ3n) is 3.93. The SMILES string of the molecule is C=CCCC(N)C1=CC=C2Sc3ccccc3C2C1. The maximum absolute atomic E-state index is 6.29. The Kier molecular flexibility index (Phi) is 3.63. The molecule has 2 N–H and O–H groups in total. The van der Waals surface area contributed by atoms with Crippen molar-refractivity contribution < 1.29 is 0 Å². The fraction of sp³-hybridized carbons (Fsp3) is 0.294. The Morgan fingerprint density at radius 2 is 2.21 bits per heavy atom. The second-order valence-corrected chi connectivity index (χ2v) is 6.30. The van der Waals surface area contributed by atoms with Gasteiger partial charge < -0.3 is 5.73 Å². The van der Waals surface area contributed by atoms with Crippen LogP contribution in [0.4, 0.5) is 0 Å². The number of hydrogen-bond acceptors (Lipinski definition) is 2. The summed E-state index contributed by atoms with van der Waals surface area (Å²) < 4.78 is 0. The van der Waals surface area contributed by atoms with Crippen molar-refractivity contribution in [3.05, 3.63) is 65.1 Å². The van der Waals surface area contributed by atoms with Crippen LogP contribution in [0.15, 0.2) is 64.4 Å². The number of rotatable bonds is 4. The van der Waals surface area contributed by atoms with E-state index in [1.54, 1.807) is 0 Å². The standard InChI is InChI=1S/C17H19NS/c1-2-3-7-15(18)12-9-10-17-14(11-12)13-6-4-5-8-16(13)19-17/h2,4-6,8-10,14-15H,1,3,7,11,18H2. The van der Waals surface area contributed by atoms with E-state index in [0.29, 0.717) is 5.92 Å². The van der Waals surface area contributed by atoms with Crippen LogP contribution in [0.5, 0.6) is 0 Å². The minimum Gasteiger partial charge on any atom is -0.324 e. The van der Waals surface area contributed by atoms with E-state index in [9.17, 15) is 0 Å². The molecule has 0 saturated carbocycles. The maximum atomic E-state index is 6.29. The lowest BCUT2D eigenvalue weighted by Crippen LogP contribution is -2.24. The van der Waals surface area contributed by atoms with E-state index in [2.05, 4.69) is 43.0 Å². The molecule has 1 aliphatic carbocycles. The van der Waals surface area contributed by atoms with Gasteiger partial charge in [0.2, 0.25) is 0 Å². The van der Waals surface area contributed by atoms with Crippen molar-refractivity contribution in [2.24, 2.45) is 5.73 Å². The third kappa shape index (κ3) is 2.43. The second-order valence-electron chi connectivity index (χ2n) is 5.18. The summed E-state index contributed by atoms with van der Waals surface area (Å²) >= 11 is 1.91. The van der Waals surface area contributed by atoms with E-state index in [0.717, 1.165) is 19.3 Å². The maximum Gasteiger partial charge on any atom is 0.0260 e. The van der Waals surface area contributed by atoms with E-state index in [-0.39, 0.29) is 6.04 Å². The van der Waals surface area contributed by atoms with E-state index in [1.807, 2.05) is 17.8 Å². The van der Waals surface area contributed by atoms with Gasteiger partial charge in [-0.2, -0.15) is 0 Å². The summed E-state index contributed by atoms with van der Waals surface area (Å²) in [5, 5.41) is 0. The van der Waals surface area contributed by atoms with Gasteiger partial charge in [-0.15, -0.1) is 6.58 Å². The predicted octanol–water partition coefficient (Wildman–Crippen LogP) is 4.38. The highest BCUT2D eigenvalue weighted by Gasteiger charge is 2.31. The van der Waals surface area contributed by atoms with Crippen LogP contribution in [0.25, 0.3) is 0 Å². The molecule has 2 unspecified atom stereocenters. The molecule has 0 saturated heterocycles. The first-order valence-electron chi connectivity index (χ1n) is 6.83. The lowest BCUT2D eigenvalue weighted by Gasteiger charge is -2.23. The van der Waals surface area contributed by atoms with Crippen LogP contribution in [0.3, 0.4) is 0 Å². The predicted molar refractivity (Wildman–Crippen MR) is 83.2 cm³/mol. The van der Waals surface area contributed by atoms with Crippen LogP contribution in [0.1, 0.15) is 30.7 Å². The van der Waals surface area contributed by atoms with Gasteiger partial charge in [-0.05, 0) is 35.8 Å². The van der Waals surface area contributed by atoms with Crippen LogP contribution in [-0.2, 0) is 0 Å². The van der Waals surface area contributed by atoms with Crippen molar-refractivity contribution in [3.63, 3.8) is 0 Å². The van der Waals surface area contributed by atoms with Crippen molar-refractivity contribution >= 4 is 11.8 Å². The summed E-state index contributed by atoms with van der Waals surface area (Å²) in [4.78, 5) is 2.88. The summed E-state index contributed by atoms with van der Waals surface area (Å²) in [7, 11) is 0. The van der Waals surface area contributed by atoms with Crippen LogP contribution in [-0.4, -0.2) is 6.04 Å². The zero-order valence-corrected chi connectivity index (χ0v) is 11.8. The molecule has 1 nitrogen and oxygen atoms in total. The normalized spacial score (nSPS) is 22.1. The molecule has 1 aliphatic heterocycles. The summed E-state index contributed by atoms with van der Waals surface area (Å²) in [6.07, 6.45) is 9.52. The zero-order valence-electron chi connectivity index (χ0n) is 11.0. The average molecular weight is 269 g/mol. The van der Waals surface area contributed by atoms with Gasteiger partial charge in [-0.25, -0.2) is 0 Å². The smallest absolute Gasteiger partial charge is 0.0260 e. The second kappa shape index (κ2) is 5.40. The molecule has 0 bridgehead atoms. The molecule has 3 rings (SSSR count). The van der Waals surface area contributed by atoms with E-state index in [1.165, 1.54) is 20.9 Å². The molecular formula is C17H19NS. The number of nitrogens with two attached hydrogens (primary N) is 1. The zero-order chi connectivity index (χ0) is 13.2. The van der Waals surface area contributed by atoms with E-state index in [4.69, 9.17) is 5.73 Å². The minimum atomic E-state index is 0.175. The molecule has 2 atom stereocenters. The van der Waals surface area contributed by atoms with Gasteiger partial charge in [0, 0.05) is 16.9 Å². The average Bonchev–Trinajstić information content (AvgIpc) is 2.82. The molecule has 0 radical (unpaired) electrons. The molecule has 0 amide bonds. The summed E-state index contributed by atoms with van der Waals surface area (Å²) in [6, 6.07) is 8.91. The molecule has 19 heavy (non-hydrogen) atoms. The molecule has 1 heterocycles. The van der Waals surface area contributed by atoms with Gasteiger partial charge in [0.25, 0.3) is 0 Å². The van der Waals surface area contributed by atoms with Gasteiger partial charge in [-0.1, -0.05) is 53.8 Å². The molecular weight excluding hydrogens is 250 g/mol. The molecule has 0 spiro atoms. The molecule has 2 heteroatoms. The lowest BCUT2D eigenvalue weighted by molar-refractivity contribution is 0.642. The Morgan fingerprint density at radius 3 is 3.05 bits per heavy atom. The van der Waals surface area contributed by atoms with Gasteiger partial charge in [-0.3, -0.25) is 0 Å². The first-order valence-corrected chi connectivity index (χ1v) is 7.65. The van der Waals surface area contributed by atoms with Crippen molar-refractivity contribution in [1.29, 1.82) is 0 Å². The van der Waals surface area contributed by atoms with Gasteiger partial charge in [0.15, 0.2) is 0 Å². The first kappa shape index (κ1) is 12.8. The topological polar surface area (TPSA) is 26.0 Å². The monoisotopic (exact) mass is 269 g/mol. The fourth-order valence-corrected chi connectivity index (χ4v) is 4.04. The van der Waals surface area contributed by atoms with Crippen LogP contribution in [0.2, 0.25) is 0 Å². The van der Waals surface area contributed by atoms with Gasteiger partial charge >= 0.3 is 0 Å². The van der Waals surface area contributed by atoms with E-state index < -0.39 is 0 Å². The minimum absolute atomic E-state index is 0.175. The quantitative estimate of drug-likeness (QED) is 0.821. The summed E-state index contributed by atoms with van der Waals surface area (Å²) in [6.45, 7) is 3.77. The number of thioether (sulfide) groups is 1. The number of benzene rings is 1. The molecule has 0 aromatic heterocycles. The highest BCUT2D eigenvalue weighted by atomic mass is 32.2. The Morgan fingerprint density at radius 1 is 1.37 bits per heavy atom. The molecule has 1 aromatic rings. The molecule has 1 aromatic carbocycles. The van der Waals surface area contributed by atoms with Gasteiger partial charge in [0.05, 0.1) is 0 Å². The number of allylic oxidation sites excluding steroid dienone is 4. The van der Waals surface area contributed by atoms with E-state index >= 15 is 0 Å². The van der Waals surface area contributed by atoms with Crippen molar-refractivity contribution in [2.45, 2.75) is 36.1 Å². The molecule has 98 valence electrons. The highest BCUT2D eigenvalue weighted by molar-refractivity contribution is 8.03. The summed E-state index contributed by atoms with van der Waals surface area (Å²) in [5.41, 5.74) is 9.14. The highest BCUT2D eigenvalue weighted by Crippen LogP contribution is 2.52. The Hall–Kier alpha value is -1.25. The molecule has 0 fully saturated rings. The van der Waals surface area contributed by atoms with Gasteiger partial charge in [0.1, 0.15) is 0 Å². The Balaban J connectivity index is 1.80.